The Morgan fingerprint density at radius 2 is 2.00 bits per heavy atom. The molecule has 0 unspecified atom stereocenters. The average Bonchev–Trinajstić information content (AvgIpc) is 2.95. The van der Waals surface area contributed by atoms with Gasteiger partial charge in [0.25, 0.3) is 5.91 Å². The molecule has 0 saturated carbocycles. The molecule has 0 spiro atoms. The zero-order valence-electron chi connectivity index (χ0n) is 15.9. The lowest BCUT2D eigenvalue weighted by Gasteiger charge is -2.14. The number of thioether (sulfide) groups is 1. The number of carbonyl (C=O) groups is 1. The normalized spacial score (nSPS) is 17.0. The molecule has 3 rings (SSSR count). The van der Waals surface area contributed by atoms with E-state index in [1.165, 1.54) is 24.4 Å². The van der Waals surface area contributed by atoms with Crippen LogP contribution in [0.1, 0.15) is 24.5 Å². The van der Waals surface area contributed by atoms with Crippen LogP contribution in [0.4, 0.5) is 5.69 Å². The molecule has 1 heterocycles. The van der Waals surface area contributed by atoms with Crippen LogP contribution in [-0.4, -0.2) is 34.7 Å². The number of phenols is 1. The Morgan fingerprint density at radius 1 is 1.29 bits per heavy atom. The highest BCUT2D eigenvalue weighted by molar-refractivity contribution is 14.1. The summed E-state index contributed by atoms with van der Waals surface area (Å²) in [4.78, 5) is 19.9. The van der Waals surface area contributed by atoms with Crippen LogP contribution in [0.2, 0.25) is 0 Å². The van der Waals surface area contributed by atoms with Crippen LogP contribution >= 0.6 is 34.4 Å². The summed E-state index contributed by atoms with van der Waals surface area (Å²) in [6, 6.07) is 11.5. The molecule has 0 aliphatic carbocycles. The molecular weight excluding hydrogens is 487 g/mol. The largest absolute Gasteiger partial charge is 0.504 e. The number of nitrogens with zero attached hydrogens (tertiary/aromatic N) is 2. The molecular formula is C21H21IN2O3S. The summed E-state index contributed by atoms with van der Waals surface area (Å²) >= 11 is 3.41. The fourth-order valence-electron chi connectivity index (χ4n) is 2.73. The van der Waals surface area contributed by atoms with E-state index in [1.807, 2.05) is 72.8 Å². The number of aromatic hydroxyl groups is 1. The number of ether oxygens (including phenoxy) is 1. The Labute approximate surface area is 182 Å². The van der Waals surface area contributed by atoms with Crippen LogP contribution in [0.15, 0.2) is 46.3 Å². The molecule has 28 heavy (non-hydrogen) atoms. The lowest BCUT2D eigenvalue weighted by molar-refractivity contribution is -0.122. The van der Waals surface area contributed by atoms with E-state index in [0.717, 1.165) is 17.7 Å². The van der Waals surface area contributed by atoms with E-state index in [0.29, 0.717) is 25.9 Å². The summed E-state index contributed by atoms with van der Waals surface area (Å²) in [5, 5.41) is 10.7. The number of methoxy groups -OCH3 is 1. The molecule has 2 aromatic carbocycles. The van der Waals surface area contributed by atoms with Crippen molar-refractivity contribution in [1.29, 1.82) is 0 Å². The van der Waals surface area contributed by atoms with Crippen molar-refractivity contribution in [3.05, 3.63) is 56.0 Å². The van der Waals surface area contributed by atoms with Crippen molar-refractivity contribution >= 4 is 57.2 Å². The molecule has 0 bridgehead atoms. The minimum atomic E-state index is -0.0558. The molecule has 0 aromatic heterocycles. The second-order valence-electron chi connectivity index (χ2n) is 6.35. The number of phenolic OH excluding ortho intramolecular Hbond substituents is 1. The van der Waals surface area contributed by atoms with Crippen molar-refractivity contribution in [3.8, 4) is 11.5 Å². The first-order chi connectivity index (χ1) is 13.4. The molecule has 1 aliphatic heterocycles. The molecule has 1 N–H and O–H groups in total. The highest BCUT2D eigenvalue weighted by atomic mass is 127. The van der Waals surface area contributed by atoms with E-state index in [-0.39, 0.29) is 11.7 Å². The molecule has 1 aliphatic rings. The van der Waals surface area contributed by atoms with E-state index in [9.17, 15) is 9.90 Å². The van der Waals surface area contributed by atoms with Crippen molar-refractivity contribution in [2.45, 2.75) is 20.3 Å². The molecule has 0 atom stereocenters. The van der Waals surface area contributed by atoms with E-state index in [4.69, 9.17) is 4.74 Å². The van der Waals surface area contributed by atoms with Gasteiger partial charge < -0.3 is 9.84 Å². The summed E-state index contributed by atoms with van der Waals surface area (Å²) in [5.74, 6) is 0.429. The van der Waals surface area contributed by atoms with Crippen LogP contribution in [-0.2, 0) is 4.79 Å². The van der Waals surface area contributed by atoms with Crippen LogP contribution in [0.25, 0.3) is 6.08 Å². The predicted octanol–water partition coefficient (Wildman–Crippen LogP) is 5.33. The topological polar surface area (TPSA) is 62.1 Å². The van der Waals surface area contributed by atoms with Gasteiger partial charge in [0.2, 0.25) is 0 Å². The molecule has 7 heteroatoms. The predicted molar refractivity (Wildman–Crippen MR) is 123 cm³/mol. The van der Waals surface area contributed by atoms with Crippen molar-refractivity contribution in [2.24, 2.45) is 4.99 Å². The molecule has 1 fully saturated rings. The van der Waals surface area contributed by atoms with Crippen LogP contribution in [0, 0.1) is 10.5 Å². The van der Waals surface area contributed by atoms with Crippen molar-refractivity contribution in [2.75, 3.05) is 13.7 Å². The molecule has 1 amide bonds. The van der Waals surface area contributed by atoms with Gasteiger partial charge in [0.15, 0.2) is 16.7 Å². The van der Waals surface area contributed by atoms with Gasteiger partial charge in [-0.15, -0.1) is 0 Å². The Hall–Kier alpha value is -2.00. The smallest absolute Gasteiger partial charge is 0.266 e. The van der Waals surface area contributed by atoms with Gasteiger partial charge in [-0.05, 0) is 83.6 Å². The highest BCUT2D eigenvalue weighted by Crippen LogP contribution is 2.37. The number of halogens is 1. The maximum absolute atomic E-state index is 12.9. The number of aliphatic imine (C=N–C) groups is 1. The summed E-state index contributed by atoms with van der Waals surface area (Å²) in [6.07, 6.45) is 2.66. The lowest BCUT2D eigenvalue weighted by atomic mass is 10.2. The SMILES string of the molecule is CCCN1C(=O)/C(=C\c2cc(I)c(O)c(OC)c2)SC1=Nc1ccc(C)cc1. The lowest BCUT2D eigenvalue weighted by Crippen LogP contribution is -2.29. The second kappa shape index (κ2) is 9.00. The highest BCUT2D eigenvalue weighted by Gasteiger charge is 2.32. The maximum Gasteiger partial charge on any atom is 0.266 e. The van der Waals surface area contributed by atoms with Crippen molar-refractivity contribution in [1.82, 2.24) is 4.90 Å². The maximum atomic E-state index is 12.9. The first-order valence-corrected chi connectivity index (χ1v) is 10.8. The van der Waals surface area contributed by atoms with Gasteiger partial charge in [-0.25, -0.2) is 4.99 Å². The number of amidine groups is 1. The fourth-order valence-corrected chi connectivity index (χ4v) is 4.38. The van der Waals surface area contributed by atoms with E-state index in [2.05, 4.69) is 4.99 Å². The van der Waals surface area contributed by atoms with E-state index in [1.54, 1.807) is 11.0 Å². The van der Waals surface area contributed by atoms with Crippen LogP contribution in [0.3, 0.4) is 0 Å². The van der Waals surface area contributed by atoms with E-state index < -0.39 is 0 Å². The first-order valence-electron chi connectivity index (χ1n) is 8.86. The van der Waals surface area contributed by atoms with Crippen molar-refractivity contribution in [3.63, 3.8) is 0 Å². The molecule has 1 saturated heterocycles. The third-order valence-electron chi connectivity index (χ3n) is 4.16. The van der Waals surface area contributed by atoms with Gasteiger partial charge in [0.05, 0.1) is 21.3 Å². The second-order valence-corrected chi connectivity index (χ2v) is 8.52. The van der Waals surface area contributed by atoms with Gasteiger partial charge in [-0.2, -0.15) is 0 Å². The zero-order chi connectivity index (χ0) is 20.3. The average molecular weight is 508 g/mol. The molecule has 0 radical (unpaired) electrons. The number of rotatable bonds is 5. The van der Waals surface area contributed by atoms with Gasteiger partial charge in [0, 0.05) is 6.54 Å². The molecule has 2 aromatic rings. The molecule has 5 nitrogen and oxygen atoms in total. The van der Waals surface area contributed by atoms with Gasteiger partial charge in [-0.3, -0.25) is 9.69 Å². The standard InChI is InChI=1S/C21H21IN2O3S/c1-4-9-24-20(26)18(12-14-10-16(22)19(25)17(11-14)27-3)28-21(24)23-15-7-5-13(2)6-8-15/h5-8,10-12,25H,4,9H2,1-3H3/b18-12+,23-21?. The minimum absolute atomic E-state index is 0.0558. The quantitative estimate of drug-likeness (QED) is 0.438. The Balaban J connectivity index is 1.97. The van der Waals surface area contributed by atoms with Gasteiger partial charge in [0.1, 0.15) is 0 Å². The number of amides is 1. The first kappa shape index (κ1) is 20.7. The number of benzene rings is 2. The Bertz CT molecular complexity index is 955. The molecule has 146 valence electrons. The van der Waals surface area contributed by atoms with E-state index >= 15 is 0 Å². The van der Waals surface area contributed by atoms with Gasteiger partial charge >= 0.3 is 0 Å². The number of hydrogen-bond donors (Lipinski definition) is 1. The number of aryl methyl sites for hydroxylation is 1. The Morgan fingerprint density at radius 3 is 2.64 bits per heavy atom. The summed E-state index contributed by atoms with van der Waals surface area (Å²) < 4.78 is 5.88. The number of hydrogen-bond acceptors (Lipinski definition) is 5. The monoisotopic (exact) mass is 508 g/mol. The fraction of sp³-hybridized carbons (Fsp3) is 0.238. The summed E-state index contributed by atoms with van der Waals surface area (Å²) in [5.41, 5.74) is 2.79. The summed E-state index contributed by atoms with van der Waals surface area (Å²) in [6.45, 7) is 4.68. The minimum Gasteiger partial charge on any atom is -0.504 e. The Kier molecular flexibility index (Phi) is 6.66. The van der Waals surface area contributed by atoms with Crippen LogP contribution in [0.5, 0.6) is 11.5 Å². The summed E-state index contributed by atoms with van der Waals surface area (Å²) in [7, 11) is 1.51. The third kappa shape index (κ3) is 4.52. The number of carbonyl (C=O) groups excluding carboxylic acids is 1. The van der Waals surface area contributed by atoms with Crippen molar-refractivity contribution < 1.29 is 14.6 Å². The van der Waals surface area contributed by atoms with Crippen LogP contribution < -0.4 is 4.74 Å². The third-order valence-corrected chi connectivity index (χ3v) is 5.99. The zero-order valence-corrected chi connectivity index (χ0v) is 18.9. The van der Waals surface area contributed by atoms with Gasteiger partial charge in [-0.1, -0.05) is 24.6 Å².